The number of carbonyl (C=O) groups excluding carboxylic acids is 3. The SMILES string of the molecule is O=C(CN1C(=O)N/C(=C\c2cccc([N+](=O)[O-])c2)C1=O)Nc1nccs1. The zero-order chi connectivity index (χ0) is 18.7. The maximum Gasteiger partial charge on any atom is 0.329 e. The van der Waals surface area contributed by atoms with Crippen molar-refractivity contribution in [3.8, 4) is 0 Å². The van der Waals surface area contributed by atoms with E-state index in [-0.39, 0.29) is 11.4 Å². The van der Waals surface area contributed by atoms with Crippen LogP contribution in [0.1, 0.15) is 5.56 Å². The molecule has 0 unspecified atom stereocenters. The Kier molecular flexibility index (Phi) is 4.71. The molecule has 0 saturated carbocycles. The quantitative estimate of drug-likeness (QED) is 0.354. The number of aromatic nitrogens is 1. The minimum absolute atomic E-state index is 0.0717. The Morgan fingerprint density at radius 1 is 1.42 bits per heavy atom. The number of carbonyl (C=O) groups is 3. The number of hydrogen-bond acceptors (Lipinski definition) is 7. The lowest BCUT2D eigenvalue weighted by Gasteiger charge is -2.10. The fourth-order valence-electron chi connectivity index (χ4n) is 2.20. The van der Waals surface area contributed by atoms with E-state index in [1.807, 2.05) is 0 Å². The lowest BCUT2D eigenvalue weighted by atomic mass is 10.1. The van der Waals surface area contributed by atoms with Gasteiger partial charge in [0.25, 0.3) is 11.6 Å². The monoisotopic (exact) mass is 373 g/mol. The smallest absolute Gasteiger partial charge is 0.303 e. The lowest BCUT2D eigenvalue weighted by molar-refractivity contribution is -0.384. The van der Waals surface area contributed by atoms with Crippen LogP contribution in [0.2, 0.25) is 0 Å². The molecule has 132 valence electrons. The normalized spacial score (nSPS) is 15.2. The zero-order valence-corrected chi connectivity index (χ0v) is 13.9. The van der Waals surface area contributed by atoms with Gasteiger partial charge in [-0.25, -0.2) is 14.7 Å². The summed E-state index contributed by atoms with van der Waals surface area (Å²) in [6.07, 6.45) is 2.82. The number of thiazole rings is 1. The van der Waals surface area contributed by atoms with Gasteiger partial charge in [-0.1, -0.05) is 12.1 Å². The Morgan fingerprint density at radius 2 is 2.23 bits per heavy atom. The van der Waals surface area contributed by atoms with E-state index >= 15 is 0 Å². The highest BCUT2D eigenvalue weighted by Crippen LogP contribution is 2.18. The summed E-state index contributed by atoms with van der Waals surface area (Å²) in [4.78, 5) is 51.1. The van der Waals surface area contributed by atoms with Crippen LogP contribution in [0.4, 0.5) is 15.6 Å². The minimum Gasteiger partial charge on any atom is -0.303 e. The highest BCUT2D eigenvalue weighted by Gasteiger charge is 2.35. The van der Waals surface area contributed by atoms with Crippen LogP contribution < -0.4 is 10.6 Å². The van der Waals surface area contributed by atoms with Crippen LogP contribution in [0.3, 0.4) is 0 Å². The number of nitrogens with one attached hydrogen (secondary N) is 2. The first-order valence-corrected chi connectivity index (χ1v) is 8.10. The van der Waals surface area contributed by atoms with E-state index in [0.29, 0.717) is 10.7 Å². The van der Waals surface area contributed by atoms with Gasteiger partial charge in [0, 0.05) is 23.7 Å². The van der Waals surface area contributed by atoms with Crippen molar-refractivity contribution < 1.29 is 19.3 Å². The Balaban J connectivity index is 1.73. The fourth-order valence-corrected chi connectivity index (χ4v) is 2.74. The number of nitrogens with zero attached hydrogens (tertiary/aromatic N) is 3. The summed E-state index contributed by atoms with van der Waals surface area (Å²) in [5.74, 6) is -1.27. The Labute approximate surface area is 150 Å². The number of nitro groups is 1. The van der Waals surface area contributed by atoms with Gasteiger partial charge in [0.1, 0.15) is 12.2 Å². The van der Waals surface area contributed by atoms with Gasteiger partial charge in [0.05, 0.1) is 4.92 Å². The molecule has 2 heterocycles. The second-order valence-corrected chi connectivity index (χ2v) is 6.01. The number of urea groups is 1. The van der Waals surface area contributed by atoms with Crippen molar-refractivity contribution in [1.82, 2.24) is 15.2 Å². The number of hydrogen-bond donors (Lipinski definition) is 2. The fraction of sp³-hybridized carbons (Fsp3) is 0.0667. The van der Waals surface area contributed by atoms with Crippen LogP contribution >= 0.6 is 11.3 Å². The maximum absolute atomic E-state index is 12.3. The van der Waals surface area contributed by atoms with Crippen LogP contribution in [0, 0.1) is 10.1 Å². The van der Waals surface area contributed by atoms with Crippen molar-refractivity contribution in [2.24, 2.45) is 0 Å². The summed E-state index contributed by atoms with van der Waals surface area (Å²) in [7, 11) is 0. The molecule has 2 aromatic rings. The number of anilines is 1. The Bertz CT molecular complexity index is 924. The molecular weight excluding hydrogens is 362 g/mol. The molecule has 1 aliphatic heterocycles. The molecule has 3 rings (SSSR count). The van der Waals surface area contributed by atoms with Crippen LogP contribution in [-0.2, 0) is 9.59 Å². The number of nitro benzene ring substituents is 1. The van der Waals surface area contributed by atoms with Gasteiger partial charge in [-0.05, 0) is 11.6 Å². The first-order chi connectivity index (χ1) is 12.4. The predicted molar refractivity (Wildman–Crippen MR) is 92.1 cm³/mol. The van der Waals surface area contributed by atoms with Crippen molar-refractivity contribution in [1.29, 1.82) is 0 Å². The van der Waals surface area contributed by atoms with E-state index in [4.69, 9.17) is 0 Å². The molecule has 1 saturated heterocycles. The van der Waals surface area contributed by atoms with Crippen molar-refractivity contribution in [3.05, 3.63) is 57.2 Å². The topological polar surface area (TPSA) is 135 Å². The van der Waals surface area contributed by atoms with Gasteiger partial charge in [-0.3, -0.25) is 19.7 Å². The second-order valence-electron chi connectivity index (χ2n) is 5.12. The summed E-state index contributed by atoms with van der Waals surface area (Å²) in [6, 6.07) is 4.85. The summed E-state index contributed by atoms with van der Waals surface area (Å²) in [5, 5.41) is 17.7. The molecule has 0 radical (unpaired) electrons. The molecule has 0 bridgehead atoms. The van der Waals surface area contributed by atoms with Crippen molar-refractivity contribution in [2.75, 3.05) is 11.9 Å². The van der Waals surface area contributed by atoms with Crippen molar-refractivity contribution >= 4 is 46.1 Å². The van der Waals surface area contributed by atoms with Gasteiger partial charge >= 0.3 is 6.03 Å². The standard InChI is InChI=1S/C15H11N5O5S/c21-12(18-14-16-4-5-26-14)8-19-13(22)11(17-15(19)23)7-9-2-1-3-10(6-9)20(24)25/h1-7H,8H2,(H,17,23)(H,16,18,21)/b11-7-. The third-order valence-corrected chi connectivity index (χ3v) is 4.02. The molecule has 1 fully saturated rings. The Morgan fingerprint density at radius 3 is 2.92 bits per heavy atom. The lowest BCUT2D eigenvalue weighted by Crippen LogP contribution is -2.38. The zero-order valence-electron chi connectivity index (χ0n) is 13.0. The number of benzene rings is 1. The first kappa shape index (κ1) is 17.2. The number of rotatable bonds is 5. The first-order valence-electron chi connectivity index (χ1n) is 7.22. The van der Waals surface area contributed by atoms with Crippen molar-refractivity contribution in [2.45, 2.75) is 0 Å². The van der Waals surface area contributed by atoms with E-state index in [0.717, 1.165) is 4.90 Å². The average molecular weight is 373 g/mol. The number of non-ortho nitro benzene ring substituents is 1. The molecule has 0 aliphatic carbocycles. The predicted octanol–water partition coefficient (Wildman–Crippen LogP) is 1.58. The third kappa shape index (κ3) is 3.72. The molecule has 1 aliphatic rings. The summed E-state index contributed by atoms with van der Waals surface area (Å²) in [5.41, 5.74) is 0.158. The Hall–Kier alpha value is -3.60. The van der Waals surface area contributed by atoms with E-state index in [9.17, 15) is 24.5 Å². The molecule has 1 aromatic heterocycles. The highest BCUT2D eigenvalue weighted by molar-refractivity contribution is 7.13. The molecule has 26 heavy (non-hydrogen) atoms. The average Bonchev–Trinajstić information content (AvgIpc) is 3.19. The van der Waals surface area contributed by atoms with Gasteiger partial charge in [0.15, 0.2) is 5.13 Å². The number of amides is 4. The summed E-state index contributed by atoms with van der Waals surface area (Å²) >= 11 is 1.20. The van der Waals surface area contributed by atoms with E-state index < -0.39 is 29.3 Å². The van der Waals surface area contributed by atoms with Crippen LogP contribution in [0.5, 0.6) is 0 Å². The van der Waals surface area contributed by atoms with Gasteiger partial charge in [-0.2, -0.15) is 0 Å². The molecule has 10 nitrogen and oxygen atoms in total. The minimum atomic E-state index is -0.749. The molecule has 2 N–H and O–H groups in total. The maximum atomic E-state index is 12.3. The largest absolute Gasteiger partial charge is 0.329 e. The van der Waals surface area contributed by atoms with Crippen LogP contribution in [0.15, 0.2) is 41.5 Å². The van der Waals surface area contributed by atoms with Crippen LogP contribution in [-0.4, -0.2) is 39.2 Å². The molecule has 4 amide bonds. The molecule has 0 atom stereocenters. The van der Waals surface area contributed by atoms with Crippen molar-refractivity contribution in [3.63, 3.8) is 0 Å². The molecular formula is C15H11N5O5S. The highest BCUT2D eigenvalue weighted by atomic mass is 32.1. The van der Waals surface area contributed by atoms with Crippen LogP contribution in [0.25, 0.3) is 6.08 Å². The molecule has 0 spiro atoms. The van der Waals surface area contributed by atoms with Gasteiger partial charge in [0.2, 0.25) is 5.91 Å². The molecule has 1 aromatic carbocycles. The second kappa shape index (κ2) is 7.11. The third-order valence-electron chi connectivity index (χ3n) is 3.33. The summed E-state index contributed by atoms with van der Waals surface area (Å²) in [6.45, 7) is -0.476. The summed E-state index contributed by atoms with van der Waals surface area (Å²) < 4.78 is 0. The van der Waals surface area contributed by atoms with E-state index in [1.165, 1.54) is 41.8 Å². The van der Waals surface area contributed by atoms with Gasteiger partial charge < -0.3 is 10.6 Å². The van der Waals surface area contributed by atoms with E-state index in [2.05, 4.69) is 15.6 Å². The number of imide groups is 1. The molecule has 11 heteroatoms. The van der Waals surface area contributed by atoms with Gasteiger partial charge in [-0.15, -0.1) is 11.3 Å². The van der Waals surface area contributed by atoms with E-state index in [1.54, 1.807) is 11.4 Å².